The van der Waals surface area contributed by atoms with Crippen LogP contribution in [0.1, 0.15) is 54.5 Å². The minimum absolute atomic E-state index is 0.0158. The summed E-state index contributed by atoms with van der Waals surface area (Å²) < 4.78 is 18.3. The van der Waals surface area contributed by atoms with Crippen LogP contribution in [0.5, 0.6) is 0 Å². The Morgan fingerprint density at radius 3 is 2.70 bits per heavy atom. The number of likely N-dealkylation sites (N-methyl/N-ethyl adjacent to an activating group) is 1. The second kappa shape index (κ2) is 10.1. The van der Waals surface area contributed by atoms with Gasteiger partial charge in [0.15, 0.2) is 0 Å². The van der Waals surface area contributed by atoms with Crippen LogP contribution in [-0.4, -0.2) is 51.2 Å². The number of nitrogens with one attached hydrogen (secondary N) is 1. The minimum atomic E-state index is -0.301. The molecule has 9 heteroatoms. The van der Waals surface area contributed by atoms with Crippen LogP contribution in [-0.2, 0) is 4.79 Å². The number of likely N-dealkylation sites (tertiary alicyclic amines) is 1. The van der Waals surface area contributed by atoms with Gasteiger partial charge in [-0.25, -0.2) is 14.4 Å². The van der Waals surface area contributed by atoms with Gasteiger partial charge < -0.3 is 20.0 Å². The second-order valence-corrected chi connectivity index (χ2v) is 8.59. The van der Waals surface area contributed by atoms with Crippen molar-refractivity contribution in [1.82, 2.24) is 19.9 Å². The molecule has 3 aromatic rings. The molecule has 33 heavy (non-hydrogen) atoms. The lowest BCUT2D eigenvalue weighted by Crippen LogP contribution is -2.61. The number of nitrogens with zero attached hydrogens (tertiary/aromatic N) is 3. The Kier molecular flexibility index (Phi) is 6.98. The van der Waals surface area contributed by atoms with E-state index in [0.717, 1.165) is 42.8 Å². The summed E-state index contributed by atoms with van der Waals surface area (Å²) in [7, 11) is 1.98. The molecule has 174 valence electrons. The minimum Gasteiger partial charge on any atom is -0.442 e. The predicted molar refractivity (Wildman–Crippen MR) is 120 cm³/mol. The fraction of sp³-hybridized carbons (Fsp3) is 0.417. The molecule has 1 fully saturated rings. The maximum absolute atomic E-state index is 13.3. The molecule has 0 spiro atoms. The third kappa shape index (κ3) is 5.19. The first-order valence-electron chi connectivity index (χ1n) is 11.2. The van der Waals surface area contributed by atoms with Gasteiger partial charge in [0.25, 0.3) is 5.89 Å². The number of Topliss-reactive ketones (excluding diaryl/α,β-unsaturated/α-hetero) is 1. The standard InChI is InChI=1S/C24H28FN5O3/c1-30-14-18(22(26)32)21(30)17(5-3-2-4-6-20(31)24-27-11-12-33-24)23-28-13-19(29-23)15-7-9-16(25)10-8-15/h7-13,17-18,21H,2-6,14H2,1H3,(H2,26,32)(H,28,29). The highest BCUT2D eigenvalue weighted by molar-refractivity contribution is 5.91. The lowest BCUT2D eigenvalue weighted by Gasteiger charge is -2.48. The van der Waals surface area contributed by atoms with E-state index in [1.807, 2.05) is 7.05 Å². The summed E-state index contributed by atoms with van der Waals surface area (Å²) in [5, 5.41) is 0. The summed E-state index contributed by atoms with van der Waals surface area (Å²) in [6, 6.07) is 6.19. The van der Waals surface area contributed by atoms with Crippen LogP contribution in [0.15, 0.2) is 47.3 Å². The van der Waals surface area contributed by atoms with Gasteiger partial charge in [-0.3, -0.25) is 9.59 Å². The average Bonchev–Trinajstić information content (AvgIpc) is 3.49. The van der Waals surface area contributed by atoms with Gasteiger partial charge in [-0.2, -0.15) is 0 Å². The molecular formula is C24H28FN5O3. The smallest absolute Gasteiger partial charge is 0.263 e. The molecule has 0 aliphatic carbocycles. The number of benzene rings is 1. The van der Waals surface area contributed by atoms with E-state index in [1.54, 1.807) is 18.3 Å². The van der Waals surface area contributed by atoms with Crippen molar-refractivity contribution < 1.29 is 18.4 Å². The van der Waals surface area contributed by atoms with E-state index in [9.17, 15) is 14.0 Å². The molecule has 1 aromatic carbocycles. The molecule has 1 saturated heterocycles. The molecule has 3 heterocycles. The van der Waals surface area contributed by atoms with Gasteiger partial charge in [0.05, 0.1) is 24.0 Å². The zero-order valence-corrected chi connectivity index (χ0v) is 18.5. The van der Waals surface area contributed by atoms with Gasteiger partial charge in [0.1, 0.15) is 17.9 Å². The first-order valence-corrected chi connectivity index (χ1v) is 11.2. The largest absolute Gasteiger partial charge is 0.442 e. The number of aromatic nitrogens is 3. The number of primary amides is 1. The Morgan fingerprint density at radius 2 is 2.03 bits per heavy atom. The number of hydrogen-bond acceptors (Lipinski definition) is 6. The number of amides is 1. The Hall–Kier alpha value is -3.33. The highest BCUT2D eigenvalue weighted by Gasteiger charge is 2.45. The van der Waals surface area contributed by atoms with Gasteiger partial charge in [-0.15, -0.1) is 0 Å². The van der Waals surface area contributed by atoms with Crippen molar-refractivity contribution in [2.24, 2.45) is 11.7 Å². The number of H-pyrrole nitrogens is 1. The predicted octanol–water partition coefficient (Wildman–Crippen LogP) is 3.54. The molecule has 2 aromatic heterocycles. The van der Waals surface area contributed by atoms with Crippen molar-refractivity contribution in [1.29, 1.82) is 0 Å². The van der Waals surface area contributed by atoms with Gasteiger partial charge in [-0.05, 0) is 49.7 Å². The van der Waals surface area contributed by atoms with Crippen LogP contribution in [0.3, 0.4) is 0 Å². The van der Waals surface area contributed by atoms with E-state index < -0.39 is 0 Å². The van der Waals surface area contributed by atoms with Crippen molar-refractivity contribution in [3.05, 3.63) is 60.5 Å². The number of hydrogen-bond donors (Lipinski definition) is 2. The number of halogens is 1. The maximum atomic E-state index is 13.3. The summed E-state index contributed by atoms with van der Waals surface area (Å²) in [5.74, 6) is -0.00361. The van der Waals surface area contributed by atoms with Crippen LogP contribution in [0, 0.1) is 11.7 Å². The molecule has 1 aliphatic heterocycles. The fourth-order valence-corrected chi connectivity index (χ4v) is 4.62. The molecule has 0 bridgehead atoms. The summed E-state index contributed by atoms with van der Waals surface area (Å²) >= 11 is 0. The average molecular weight is 454 g/mol. The first-order chi connectivity index (χ1) is 15.9. The third-order valence-electron chi connectivity index (χ3n) is 6.38. The molecule has 0 radical (unpaired) electrons. The number of carbonyl (C=O) groups excluding carboxylic acids is 2. The number of unbranched alkanes of at least 4 members (excludes halogenated alkanes) is 2. The summed E-state index contributed by atoms with van der Waals surface area (Å²) in [4.78, 5) is 38.0. The Balaban J connectivity index is 1.42. The number of nitrogens with two attached hydrogens (primary N) is 1. The molecular weight excluding hydrogens is 425 g/mol. The Bertz CT molecular complexity index is 1080. The van der Waals surface area contributed by atoms with E-state index in [1.165, 1.54) is 24.6 Å². The maximum Gasteiger partial charge on any atom is 0.263 e. The summed E-state index contributed by atoms with van der Waals surface area (Å²) in [6.45, 7) is 0.632. The normalized spacial score (nSPS) is 19.2. The van der Waals surface area contributed by atoms with E-state index >= 15 is 0 Å². The number of rotatable bonds is 11. The van der Waals surface area contributed by atoms with E-state index in [0.29, 0.717) is 13.0 Å². The van der Waals surface area contributed by atoms with Crippen LogP contribution in [0.25, 0.3) is 11.3 Å². The molecule has 1 amide bonds. The van der Waals surface area contributed by atoms with Crippen LogP contribution >= 0.6 is 0 Å². The molecule has 0 saturated carbocycles. The van der Waals surface area contributed by atoms with Crippen LogP contribution in [0.2, 0.25) is 0 Å². The number of oxazole rings is 1. The number of aromatic amines is 1. The molecule has 1 aliphatic rings. The number of ketones is 1. The topological polar surface area (TPSA) is 118 Å². The van der Waals surface area contributed by atoms with E-state index in [2.05, 4.69) is 19.9 Å². The van der Waals surface area contributed by atoms with Crippen LogP contribution < -0.4 is 5.73 Å². The monoisotopic (exact) mass is 453 g/mol. The zero-order valence-electron chi connectivity index (χ0n) is 18.5. The molecule has 4 rings (SSSR count). The second-order valence-electron chi connectivity index (χ2n) is 8.59. The molecule has 3 N–H and O–H groups in total. The van der Waals surface area contributed by atoms with Crippen molar-refractivity contribution in [3.63, 3.8) is 0 Å². The quantitative estimate of drug-likeness (QED) is 0.339. The van der Waals surface area contributed by atoms with Gasteiger partial charge >= 0.3 is 0 Å². The van der Waals surface area contributed by atoms with Crippen molar-refractivity contribution >= 4 is 11.7 Å². The summed E-state index contributed by atoms with van der Waals surface area (Å²) in [5.41, 5.74) is 7.28. The fourth-order valence-electron chi connectivity index (χ4n) is 4.62. The number of imidazole rings is 1. The molecule has 3 unspecified atom stereocenters. The highest BCUT2D eigenvalue weighted by atomic mass is 19.1. The molecule has 3 atom stereocenters. The Morgan fingerprint density at radius 1 is 1.24 bits per heavy atom. The van der Waals surface area contributed by atoms with Crippen LogP contribution in [0.4, 0.5) is 4.39 Å². The SMILES string of the molecule is CN1CC(C(N)=O)C1C(CCCCCC(=O)c1ncco1)c1ncc(-c2ccc(F)cc2)[nH]1. The van der Waals surface area contributed by atoms with E-state index in [4.69, 9.17) is 10.2 Å². The first kappa shape index (κ1) is 22.8. The van der Waals surface area contributed by atoms with Crippen molar-refractivity contribution in [3.8, 4) is 11.3 Å². The van der Waals surface area contributed by atoms with E-state index in [-0.39, 0.29) is 41.3 Å². The third-order valence-corrected chi connectivity index (χ3v) is 6.38. The molecule has 8 nitrogen and oxygen atoms in total. The van der Waals surface area contributed by atoms with Crippen molar-refractivity contribution in [2.75, 3.05) is 13.6 Å². The lowest BCUT2D eigenvalue weighted by atomic mass is 9.77. The Labute approximate surface area is 191 Å². The van der Waals surface area contributed by atoms with Gasteiger partial charge in [0, 0.05) is 24.9 Å². The lowest BCUT2D eigenvalue weighted by molar-refractivity contribution is -0.131. The summed E-state index contributed by atoms with van der Waals surface area (Å²) in [6.07, 6.45) is 8.22. The van der Waals surface area contributed by atoms with Gasteiger partial charge in [0.2, 0.25) is 11.7 Å². The van der Waals surface area contributed by atoms with Gasteiger partial charge in [-0.1, -0.05) is 12.8 Å². The van der Waals surface area contributed by atoms with Crippen molar-refractivity contribution in [2.45, 2.75) is 44.1 Å². The highest BCUT2D eigenvalue weighted by Crippen LogP contribution is 2.38. The number of carbonyl (C=O) groups is 2. The zero-order chi connectivity index (χ0) is 23.4.